The van der Waals surface area contributed by atoms with E-state index in [1.165, 1.54) is 0 Å². The van der Waals surface area contributed by atoms with Gasteiger partial charge in [0.05, 0.1) is 0 Å². The Labute approximate surface area is 88.7 Å². The van der Waals surface area contributed by atoms with E-state index in [1.54, 1.807) is 0 Å². The third-order valence-electron chi connectivity index (χ3n) is 2.41. The van der Waals surface area contributed by atoms with Gasteiger partial charge in [0.15, 0.2) is 0 Å². The Morgan fingerprint density at radius 2 is 2.20 bits per heavy atom. The number of benzene rings is 1. The normalized spacial score (nSPS) is 14.6. The van der Waals surface area contributed by atoms with Crippen molar-refractivity contribution in [2.75, 3.05) is 0 Å². The summed E-state index contributed by atoms with van der Waals surface area (Å²) in [4.78, 5) is 10.5. The van der Waals surface area contributed by atoms with Crippen LogP contribution in [0, 0.1) is 6.92 Å². The highest BCUT2D eigenvalue weighted by Crippen LogP contribution is 2.19. The molecule has 0 bridgehead atoms. The van der Waals surface area contributed by atoms with Crippen molar-refractivity contribution < 1.29 is 14.3 Å². The Bertz CT molecular complexity index is 358. The van der Waals surface area contributed by atoms with Crippen LogP contribution >= 0.6 is 0 Å². The average Bonchev–Trinajstić information content (AvgIpc) is 2.15. The van der Waals surface area contributed by atoms with E-state index in [0.29, 0.717) is 6.42 Å². The number of hydrogen-bond donors (Lipinski definition) is 1. The molecule has 0 aromatic heterocycles. The number of alkyl halides is 1. The van der Waals surface area contributed by atoms with E-state index in [4.69, 9.17) is 5.11 Å². The molecule has 2 nitrogen and oxygen atoms in total. The zero-order valence-corrected chi connectivity index (χ0v) is 8.96. The summed E-state index contributed by atoms with van der Waals surface area (Å²) < 4.78 is 13.4. The summed E-state index contributed by atoms with van der Waals surface area (Å²) >= 11 is 0. The molecular formula is C12H15FO2. The predicted octanol–water partition coefficient (Wildman–Crippen LogP) is 2.74. The first-order chi connectivity index (χ1) is 6.92. The number of aryl methyl sites for hydroxylation is 2. The zero-order chi connectivity index (χ0) is 11.5. The van der Waals surface area contributed by atoms with Crippen LogP contribution in [0.5, 0.6) is 0 Å². The standard InChI is InChI=1S/C12H15FO2/c1-9-4-3-5-10(8-9)6-7-12(2,13)11(14)15/h3-5,8H,6-7H2,1-2H3,(H,14,15). The maximum atomic E-state index is 13.4. The van der Waals surface area contributed by atoms with Gasteiger partial charge in [-0.05, 0) is 32.3 Å². The molecule has 82 valence electrons. The quantitative estimate of drug-likeness (QED) is 0.829. The SMILES string of the molecule is Cc1cccc(CCC(C)(F)C(=O)O)c1. The Balaban J connectivity index is 2.61. The molecule has 0 aliphatic carbocycles. The van der Waals surface area contributed by atoms with Gasteiger partial charge < -0.3 is 5.11 Å². The van der Waals surface area contributed by atoms with Crippen molar-refractivity contribution in [3.05, 3.63) is 35.4 Å². The first-order valence-electron chi connectivity index (χ1n) is 4.90. The molecule has 0 heterocycles. The van der Waals surface area contributed by atoms with Crippen LogP contribution in [0.4, 0.5) is 4.39 Å². The third kappa shape index (κ3) is 3.35. The minimum absolute atomic E-state index is 0.00574. The van der Waals surface area contributed by atoms with Crippen LogP contribution in [-0.4, -0.2) is 16.7 Å². The van der Waals surface area contributed by atoms with E-state index in [1.807, 2.05) is 31.2 Å². The molecule has 0 radical (unpaired) electrons. The molecule has 0 fully saturated rings. The van der Waals surface area contributed by atoms with Gasteiger partial charge in [0.2, 0.25) is 5.67 Å². The number of hydrogen-bond acceptors (Lipinski definition) is 1. The molecule has 1 N–H and O–H groups in total. The first kappa shape index (κ1) is 11.7. The highest BCUT2D eigenvalue weighted by molar-refractivity contribution is 5.76. The van der Waals surface area contributed by atoms with E-state index in [-0.39, 0.29) is 6.42 Å². The minimum Gasteiger partial charge on any atom is -0.479 e. The maximum absolute atomic E-state index is 13.4. The lowest BCUT2D eigenvalue weighted by Crippen LogP contribution is -2.30. The number of carboxylic acid groups (broad SMARTS) is 1. The molecule has 0 aliphatic rings. The number of aliphatic carboxylic acids is 1. The lowest BCUT2D eigenvalue weighted by molar-refractivity contribution is -0.150. The fourth-order valence-electron chi connectivity index (χ4n) is 1.35. The lowest BCUT2D eigenvalue weighted by atomic mass is 9.98. The summed E-state index contributed by atoms with van der Waals surface area (Å²) in [5.41, 5.74) is -0.0625. The summed E-state index contributed by atoms with van der Waals surface area (Å²) in [6.45, 7) is 3.06. The number of carbonyl (C=O) groups is 1. The first-order valence-corrected chi connectivity index (χ1v) is 4.90. The molecule has 3 heteroatoms. The summed E-state index contributed by atoms with van der Waals surface area (Å²) in [5, 5.41) is 8.60. The van der Waals surface area contributed by atoms with Crippen LogP contribution < -0.4 is 0 Å². The second kappa shape index (κ2) is 4.43. The predicted molar refractivity (Wildman–Crippen MR) is 56.6 cm³/mol. The van der Waals surface area contributed by atoms with E-state index < -0.39 is 11.6 Å². The van der Waals surface area contributed by atoms with Gasteiger partial charge in [0.1, 0.15) is 0 Å². The monoisotopic (exact) mass is 210 g/mol. The van der Waals surface area contributed by atoms with E-state index in [9.17, 15) is 9.18 Å². The van der Waals surface area contributed by atoms with Gasteiger partial charge in [-0.1, -0.05) is 29.8 Å². The fraction of sp³-hybridized carbons (Fsp3) is 0.417. The summed E-state index contributed by atoms with van der Waals surface area (Å²) in [6, 6.07) is 7.67. The summed E-state index contributed by atoms with van der Waals surface area (Å²) in [7, 11) is 0. The van der Waals surface area contributed by atoms with Gasteiger partial charge in [-0.3, -0.25) is 0 Å². The molecule has 0 saturated carbocycles. The van der Waals surface area contributed by atoms with Crippen molar-refractivity contribution in [3.8, 4) is 0 Å². The molecule has 1 aromatic rings. The molecule has 1 rings (SSSR count). The van der Waals surface area contributed by atoms with Crippen LogP contribution in [0.15, 0.2) is 24.3 Å². The largest absolute Gasteiger partial charge is 0.479 e. The number of halogens is 1. The molecule has 0 spiro atoms. The second-order valence-electron chi connectivity index (χ2n) is 3.99. The fourth-order valence-corrected chi connectivity index (χ4v) is 1.35. The van der Waals surface area contributed by atoms with E-state index in [2.05, 4.69) is 0 Å². The van der Waals surface area contributed by atoms with Crippen molar-refractivity contribution >= 4 is 5.97 Å². The van der Waals surface area contributed by atoms with Crippen LogP contribution in [-0.2, 0) is 11.2 Å². The molecule has 1 atom stereocenters. The second-order valence-corrected chi connectivity index (χ2v) is 3.99. The molecule has 1 aromatic carbocycles. The molecule has 15 heavy (non-hydrogen) atoms. The summed E-state index contributed by atoms with van der Waals surface area (Å²) in [6.07, 6.45) is 0.451. The Morgan fingerprint density at radius 1 is 1.53 bits per heavy atom. The van der Waals surface area contributed by atoms with Crippen molar-refractivity contribution in [1.82, 2.24) is 0 Å². The van der Waals surface area contributed by atoms with Gasteiger partial charge in [-0.15, -0.1) is 0 Å². The Hall–Kier alpha value is -1.38. The van der Waals surface area contributed by atoms with Crippen LogP contribution in [0.1, 0.15) is 24.5 Å². The molecule has 0 amide bonds. The van der Waals surface area contributed by atoms with Gasteiger partial charge in [-0.2, -0.15) is 0 Å². The Morgan fingerprint density at radius 3 is 2.73 bits per heavy atom. The van der Waals surface area contributed by atoms with Crippen LogP contribution in [0.2, 0.25) is 0 Å². The topological polar surface area (TPSA) is 37.3 Å². The smallest absolute Gasteiger partial charge is 0.341 e. The molecule has 0 aliphatic heterocycles. The highest BCUT2D eigenvalue weighted by atomic mass is 19.1. The van der Waals surface area contributed by atoms with Crippen molar-refractivity contribution in [2.24, 2.45) is 0 Å². The van der Waals surface area contributed by atoms with E-state index in [0.717, 1.165) is 18.1 Å². The van der Waals surface area contributed by atoms with Crippen LogP contribution in [0.3, 0.4) is 0 Å². The average molecular weight is 210 g/mol. The highest BCUT2D eigenvalue weighted by Gasteiger charge is 2.31. The minimum atomic E-state index is -2.14. The number of carboxylic acids is 1. The van der Waals surface area contributed by atoms with Crippen LogP contribution in [0.25, 0.3) is 0 Å². The number of rotatable bonds is 4. The maximum Gasteiger partial charge on any atom is 0.341 e. The molecule has 0 saturated heterocycles. The van der Waals surface area contributed by atoms with Gasteiger partial charge in [0, 0.05) is 0 Å². The van der Waals surface area contributed by atoms with E-state index >= 15 is 0 Å². The van der Waals surface area contributed by atoms with Crippen molar-refractivity contribution in [2.45, 2.75) is 32.4 Å². The van der Waals surface area contributed by atoms with Gasteiger partial charge in [-0.25, -0.2) is 9.18 Å². The molecule has 1 unspecified atom stereocenters. The van der Waals surface area contributed by atoms with Crippen molar-refractivity contribution in [3.63, 3.8) is 0 Å². The zero-order valence-electron chi connectivity index (χ0n) is 8.96. The lowest BCUT2D eigenvalue weighted by Gasteiger charge is -2.14. The Kier molecular flexibility index (Phi) is 3.45. The summed E-state index contributed by atoms with van der Waals surface area (Å²) in [5.74, 6) is -1.39. The van der Waals surface area contributed by atoms with Gasteiger partial charge in [0.25, 0.3) is 0 Å². The van der Waals surface area contributed by atoms with Crippen molar-refractivity contribution in [1.29, 1.82) is 0 Å². The van der Waals surface area contributed by atoms with Gasteiger partial charge >= 0.3 is 5.97 Å². The molecular weight excluding hydrogens is 195 g/mol. The third-order valence-corrected chi connectivity index (χ3v) is 2.41.